The van der Waals surface area contributed by atoms with E-state index in [1.165, 1.54) is 17.5 Å². The van der Waals surface area contributed by atoms with Gasteiger partial charge in [-0.3, -0.25) is 9.80 Å². The molecule has 1 atom stereocenters. The molecule has 3 rings (SSSR count). The molecule has 0 unspecified atom stereocenters. The Morgan fingerprint density at radius 3 is 2.58 bits per heavy atom. The summed E-state index contributed by atoms with van der Waals surface area (Å²) in [6.07, 6.45) is 1.19. The number of hydrogen-bond acceptors (Lipinski definition) is 4. The molecular weight excluding hydrogens is 322 g/mol. The molecule has 0 saturated carbocycles. The van der Waals surface area contributed by atoms with Crippen molar-refractivity contribution in [3.05, 3.63) is 71.3 Å². The molecule has 1 heterocycles. The lowest BCUT2D eigenvalue weighted by atomic mass is 10.1. The van der Waals surface area contributed by atoms with Crippen molar-refractivity contribution in [2.75, 3.05) is 33.4 Å². The van der Waals surface area contributed by atoms with Crippen molar-refractivity contribution in [2.24, 2.45) is 0 Å². The van der Waals surface area contributed by atoms with Crippen molar-refractivity contribution < 1.29 is 4.74 Å². The van der Waals surface area contributed by atoms with Crippen LogP contribution in [0.25, 0.3) is 0 Å². The van der Waals surface area contributed by atoms with E-state index >= 15 is 0 Å². The summed E-state index contributed by atoms with van der Waals surface area (Å²) in [5.41, 5.74) is 3.34. The molecule has 26 heavy (non-hydrogen) atoms. The fourth-order valence-electron chi connectivity index (χ4n) is 3.61. The van der Waals surface area contributed by atoms with Crippen molar-refractivity contribution in [3.63, 3.8) is 0 Å². The molecule has 1 saturated heterocycles. The third kappa shape index (κ3) is 5.15. The van der Waals surface area contributed by atoms with Gasteiger partial charge in [-0.2, -0.15) is 5.26 Å². The lowest BCUT2D eigenvalue weighted by Crippen LogP contribution is -2.39. The lowest BCUT2D eigenvalue weighted by molar-refractivity contribution is 0.114. The van der Waals surface area contributed by atoms with Gasteiger partial charge in [0.25, 0.3) is 0 Å². The predicted octanol–water partition coefficient (Wildman–Crippen LogP) is 3.28. The number of hydrogen-bond donors (Lipinski definition) is 0. The van der Waals surface area contributed by atoms with Gasteiger partial charge in [-0.15, -0.1) is 0 Å². The molecule has 0 N–H and O–H groups in total. The molecule has 2 aromatic rings. The van der Waals surface area contributed by atoms with E-state index in [4.69, 9.17) is 10.00 Å². The van der Waals surface area contributed by atoms with Gasteiger partial charge in [-0.05, 0) is 29.7 Å². The van der Waals surface area contributed by atoms with Gasteiger partial charge in [0.1, 0.15) is 0 Å². The molecule has 4 heteroatoms. The Kier molecular flexibility index (Phi) is 6.79. The van der Waals surface area contributed by atoms with Crippen molar-refractivity contribution in [1.29, 1.82) is 5.26 Å². The highest BCUT2D eigenvalue weighted by Crippen LogP contribution is 2.20. The summed E-state index contributed by atoms with van der Waals surface area (Å²) >= 11 is 0. The minimum absolute atomic E-state index is 0.546. The zero-order chi connectivity index (χ0) is 18.2. The van der Waals surface area contributed by atoms with Crippen LogP contribution in [0, 0.1) is 11.3 Å². The van der Waals surface area contributed by atoms with Crippen LogP contribution in [0.4, 0.5) is 0 Å². The van der Waals surface area contributed by atoms with Crippen LogP contribution < -0.4 is 0 Å². The summed E-state index contributed by atoms with van der Waals surface area (Å²) < 4.78 is 5.33. The highest BCUT2D eigenvalue weighted by Gasteiger charge is 2.27. The predicted molar refractivity (Wildman–Crippen MR) is 104 cm³/mol. The number of ether oxygens (including phenoxy) is 1. The maximum atomic E-state index is 8.97. The minimum atomic E-state index is 0.546. The van der Waals surface area contributed by atoms with E-state index in [0.29, 0.717) is 11.6 Å². The number of nitriles is 1. The van der Waals surface area contributed by atoms with Gasteiger partial charge < -0.3 is 4.74 Å². The van der Waals surface area contributed by atoms with E-state index in [9.17, 15) is 0 Å². The Bertz CT molecular complexity index is 708. The number of likely N-dealkylation sites (tertiary alicyclic amines) is 1. The number of methoxy groups -OCH3 is 1. The van der Waals surface area contributed by atoms with E-state index in [1.807, 2.05) is 12.1 Å². The number of nitrogens with zero attached hydrogens (tertiary/aromatic N) is 3. The number of benzene rings is 2. The highest BCUT2D eigenvalue weighted by atomic mass is 16.5. The Morgan fingerprint density at radius 2 is 1.88 bits per heavy atom. The Labute approximate surface area is 156 Å². The second-order valence-corrected chi connectivity index (χ2v) is 6.94. The van der Waals surface area contributed by atoms with Crippen molar-refractivity contribution in [3.8, 4) is 6.07 Å². The smallest absolute Gasteiger partial charge is 0.0991 e. The fraction of sp³-hybridized carbons (Fsp3) is 0.409. The van der Waals surface area contributed by atoms with Crippen LogP contribution >= 0.6 is 0 Å². The first-order chi connectivity index (χ1) is 12.8. The van der Waals surface area contributed by atoms with Gasteiger partial charge in [0.05, 0.1) is 18.2 Å². The second kappa shape index (κ2) is 9.49. The van der Waals surface area contributed by atoms with Gasteiger partial charge in [0.15, 0.2) is 0 Å². The summed E-state index contributed by atoms with van der Waals surface area (Å²) in [6, 6.07) is 21.4. The van der Waals surface area contributed by atoms with Crippen LogP contribution in [0.3, 0.4) is 0 Å². The zero-order valence-electron chi connectivity index (χ0n) is 15.5. The van der Waals surface area contributed by atoms with Gasteiger partial charge >= 0.3 is 0 Å². The largest absolute Gasteiger partial charge is 0.383 e. The molecule has 1 aliphatic rings. The second-order valence-electron chi connectivity index (χ2n) is 6.94. The molecule has 4 nitrogen and oxygen atoms in total. The zero-order valence-corrected chi connectivity index (χ0v) is 15.5. The molecule has 0 spiro atoms. The maximum absolute atomic E-state index is 8.97. The van der Waals surface area contributed by atoms with Crippen molar-refractivity contribution in [2.45, 2.75) is 25.6 Å². The van der Waals surface area contributed by atoms with Gasteiger partial charge in [-0.1, -0.05) is 42.5 Å². The standard InChI is InChI=1S/C22H27N3O/c1-26-14-13-25(17-21-9-7-19(15-23)8-10-21)22-11-12-24(18-22)16-20-5-3-2-4-6-20/h2-10,22H,11-14,16-18H2,1H3/t22-/m0/s1. The fourth-order valence-corrected chi connectivity index (χ4v) is 3.61. The Morgan fingerprint density at radius 1 is 1.12 bits per heavy atom. The van der Waals surface area contributed by atoms with E-state index < -0.39 is 0 Å². The molecule has 0 aliphatic carbocycles. The van der Waals surface area contributed by atoms with Crippen molar-refractivity contribution in [1.82, 2.24) is 9.80 Å². The number of rotatable bonds is 8. The molecule has 0 aromatic heterocycles. The summed E-state index contributed by atoms with van der Waals surface area (Å²) in [6.45, 7) is 5.82. The first-order valence-corrected chi connectivity index (χ1v) is 9.27. The average molecular weight is 349 g/mol. The molecule has 1 fully saturated rings. The van der Waals surface area contributed by atoms with Crippen LogP contribution in [0.2, 0.25) is 0 Å². The van der Waals surface area contributed by atoms with Gasteiger partial charge in [0.2, 0.25) is 0 Å². The monoisotopic (exact) mass is 349 g/mol. The van der Waals surface area contributed by atoms with Crippen LogP contribution in [0.5, 0.6) is 0 Å². The van der Waals surface area contributed by atoms with E-state index in [0.717, 1.165) is 39.3 Å². The SMILES string of the molecule is COCCN(Cc1ccc(C#N)cc1)[C@H]1CCN(Cc2ccccc2)C1. The quantitative estimate of drug-likeness (QED) is 0.733. The van der Waals surface area contributed by atoms with Crippen LogP contribution in [-0.2, 0) is 17.8 Å². The molecular formula is C22H27N3O. The third-order valence-corrected chi connectivity index (χ3v) is 5.06. The average Bonchev–Trinajstić information content (AvgIpc) is 3.15. The molecule has 0 radical (unpaired) electrons. The molecule has 1 aliphatic heterocycles. The molecule has 136 valence electrons. The molecule has 2 aromatic carbocycles. The van der Waals surface area contributed by atoms with E-state index in [1.54, 1.807) is 7.11 Å². The Balaban J connectivity index is 1.61. The molecule has 0 bridgehead atoms. The lowest BCUT2D eigenvalue weighted by Gasteiger charge is -2.29. The van der Waals surface area contributed by atoms with Gasteiger partial charge in [0, 0.05) is 45.9 Å². The summed E-state index contributed by atoms with van der Waals surface area (Å²) in [5, 5.41) is 8.97. The van der Waals surface area contributed by atoms with Gasteiger partial charge in [-0.25, -0.2) is 0 Å². The molecule has 0 amide bonds. The third-order valence-electron chi connectivity index (χ3n) is 5.06. The van der Waals surface area contributed by atoms with E-state index in [-0.39, 0.29) is 0 Å². The van der Waals surface area contributed by atoms with Crippen molar-refractivity contribution >= 4 is 0 Å². The van der Waals surface area contributed by atoms with Crippen LogP contribution in [0.1, 0.15) is 23.1 Å². The van der Waals surface area contributed by atoms with Crippen LogP contribution in [0.15, 0.2) is 54.6 Å². The summed E-state index contributed by atoms with van der Waals surface area (Å²) in [5.74, 6) is 0. The highest BCUT2D eigenvalue weighted by molar-refractivity contribution is 5.31. The van der Waals surface area contributed by atoms with E-state index in [2.05, 4.69) is 58.3 Å². The first kappa shape index (κ1) is 18.6. The van der Waals surface area contributed by atoms with Crippen LogP contribution in [-0.4, -0.2) is 49.2 Å². The topological polar surface area (TPSA) is 39.5 Å². The normalized spacial score (nSPS) is 17.5. The Hall–Kier alpha value is -2.19. The maximum Gasteiger partial charge on any atom is 0.0991 e. The summed E-state index contributed by atoms with van der Waals surface area (Å²) in [4.78, 5) is 5.06. The first-order valence-electron chi connectivity index (χ1n) is 9.27. The minimum Gasteiger partial charge on any atom is -0.383 e. The summed E-state index contributed by atoms with van der Waals surface area (Å²) in [7, 11) is 1.76.